The fraction of sp³-hybridized carbons (Fsp3) is 1.00. The quantitative estimate of drug-likeness (QED) is 0.533. The Hall–Kier alpha value is -0.0800. The molecule has 0 aliphatic heterocycles. The topological polar surface area (TPSA) is 23.5 Å². The van der Waals surface area contributed by atoms with E-state index in [4.69, 9.17) is 5.11 Å². The average molecular weight is 255 g/mol. The SMILES string of the molecule is CCCCCCCCCCN(CCO)C1CCC1. The number of hydrogen-bond donors (Lipinski definition) is 1. The average Bonchev–Trinajstić information content (AvgIpc) is 2.30. The van der Waals surface area contributed by atoms with Crippen LogP contribution in [0.4, 0.5) is 0 Å². The van der Waals surface area contributed by atoms with Gasteiger partial charge in [0.1, 0.15) is 0 Å². The molecule has 1 aliphatic carbocycles. The molecule has 0 saturated heterocycles. The second-order valence-electron chi connectivity index (χ2n) is 5.82. The molecule has 1 rings (SSSR count). The summed E-state index contributed by atoms with van der Waals surface area (Å²) >= 11 is 0. The molecular formula is C16H33NO. The predicted molar refractivity (Wildman–Crippen MR) is 78.9 cm³/mol. The van der Waals surface area contributed by atoms with Crippen molar-refractivity contribution in [3.63, 3.8) is 0 Å². The first-order chi connectivity index (χ1) is 8.88. The molecule has 0 heterocycles. The highest BCUT2D eigenvalue weighted by Crippen LogP contribution is 2.24. The second-order valence-corrected chi connectivity index (χ2v) is 5.82. The van der Waals surface area contributed by atoms with Crippen molar-refractivity contribution in [2.75, 3.05) is 19.7 Å². The van der Waals surface area contributed by atoms with E-state index in [9.17, 15) is 0 Å². The molecule has 0 atom stereocenters. The number of hydrogen-bond acceptors (Lipinski definition) is 2. The Morgan fingerprint density at radius 1 is 0.889 bits per heavy atom. The van der Waals surface area contributed by atoms with E-state index < -0.39 is 0 Å². The van der Waals surface area contributed by atoms with E-state index in [2.05, 4.69) is 11.8 Å². The summed E-state index contributed by atoms with van der Waals surface area (Å²) in [5, 5.41) is 9.09. The fourth-order valence-corrected chi connectivity index (χ4v) is 2.81. The largest absolute Gasteiger partial charge is 0.395 e. The Kier molecular flexibility index (Phi) is 9.59. The molecule has 2 nitrogen and oxygen atoms in total. The molecule has 1 N–H and O–H groups in total. The van der Waals surface area contributed by atoms with Gasteiger partial charge in [-0.2, -0.15) is 0 Å². The van der Waals surface area contributed by atoms with E-state index in [0.29, 0.717) is 6.61 Å². The van der Waals surface area contributed by atoms with Crippen LogP contribution in [0, 0.1) is 0 Å². The van der Waals surface area contributed by atoms with E-state index in [1.165, 1.54) is 77.2 Å². The van der Waals surface area contributed by atoms with Crippen LogP contribution in [0.3, 0.4) is 0 Å². The molecule has 0 spiro atoms. The highest BCUT2D eigenvalue weighted by Gasteiger charge is 2.23. The molecule has 0 amide bonds. The zero-order valence-corrected chi connectivity index (χ0v) is 12.4. The number of unbranched alkanes of at least 4 members (excludes halogenated alkanes) is 7. The maximum atomic E-state index is 9.09. The van der Waals surface area contributed by atoms with E-state index in [1.54, 1.807) is 0 Å². The normalized spacial score (nSPS) is 16.2. The molecule has 0 aromatic carbocycles. The van der Waals surface area contributed by atoms with Gasteiger partial charge < -0.3 is 5.11 Å². The molecule has 2 heteroatoms. The fourth-order valence-electron chi connectivity index (χ4n) is 2.81. The Labute approximate surface area is 114 Å². The van der Waals surface area contributed by atoms with E-state index >= 15 is 0 Å². The third kappa shape index (κ3) is 6.75. The summed E-state index contributed by atoms with van der Waals surface area (Å²) < 4.78 is 0. The van der Waals surface area contributed by atoms with Crippen molar-refractivity contribution in [1.82, 2.24) is 4.90 Å². The van der Waals surface area contributed by atoms with Gasteiger partial charge in [0, 0.05) is 12.6 Å². The maximum Gasteiger partial charge on any atom is 0.0558 e. The van der Waals surface area contributed by atoms with Gasteiger partial charge in [-0.05, 0) is 25.8 Å². The van der Waals surface area contributed by atoms with Crippen molar-refractivity contribution in [1.29, 1.82) is 0 Å². The minimum absolute atomic E-state index is 0.327. The summed E-state index contributed by atoms with van der Waals surface area (Å²) in [6, 6.07) is 0.793. The van der Waals surface area contributed by atoms with Crippen LogP contribution >= 0.6 is 0 Å². The van der Waals surface area contributed by atoms with Crippen molar-refractivity contribution in [3.8, 4) is 0 Å². The highest BCUT2D eigenvalue weighted by atomic mass is 16.3. The lowest BCUT2D eigenvalue weighted by atomic mass is 9.91. The molecule has 18 heavy (non-hydrogen) atoms. The van der Waals surface area contributed by atoms with Gasteiger partial charge in [-0.1, -0.05) is 58.3 Å². The number of rotatable bonds is 12. The van der Waals surface area contributed by atoms with Crippen LogP contribution in [0.1, 0.15) is 77.6 Å². The van der Waals surface area contributed by atoms with Crippen LogP contribution < -0.4 is 0 Å². The smallest absolute Gasteiger partial charge is 0.0558 e. The van der Waals surface area contributed by atoms with Gasteiger partial charge in [0.05, 0.1) is 6.61 Å². The summed E-state index contributed by atoms with van der Waals surface area (Å²) in [6.45, 7) is 4.70. The van der Waals surface area contributed by atoms with Crippen LogP contribution in [-0.4, -0.2) is 35.7 Å². The van der Waals surface area contributed by atoms with Crippen LogP contribution in [0.15, 0.2) is 0 Å². The first kappa shape index (κ1) is 16.0. The lowest BCUT2D eigenvalue weighted by Gasteiger charge is -2.37. The molecule has 0 aromatic rings. The van der Waals surface area contributed by atoms with Crippen LogP contribution in [0.5, 0.6) is 0 Å². The zero-order chi connectivity index (χ0) is 13.1. The Balaban J connectivity index is 1.91. The summed E-state index contributed by atoms with van der Waals surface area (Å²) in [6.07, 6.45) is 15.2. The van der Waals surface area contributed by atoms with E-state index in [1.807, 2.05) is 0 Å². The Morgan fingerprint density at radius 2 is 1.50 bits per heavy atom. The highest BCUT2D eigenvalue weighted by molar-refractivity contribution is 4.79. The van der Waals surface area contributed by atoms with Gasteiger partial charge in [0.2, 0.25) is 0 Å². The van der Waals surface area contributed by atoms with Gasteiger partial charge in [-0.15, -0.1) is 0 Å². The van der Waals surface area contributed by atoms with E-state index in [0.717, 1.165) is 12.6 Å². The van der Waals surface area contributed by atoms with Gasteiger partial charge in [-0.3, -0.25) is 4.90 Å². The van der Waals surface area contributed by atoms with Gasteiger partial charge in [-0.25, -0.2) is 0 Å². The number of aliphatic hydroxyl groups excluding tert-OH is 1. The Morgan fingerprint density at radius 3 is 2.00 bits per heavy atom. The molecule has 0 aromatic heterocycles. The second kappa shape index (κ2) is 10.8. The van der Waals surface area contributed by atoms with Gasteiger partial charge in [0.15, 0.2) is 0 Å². The van der Waals surface area contributed by atoms with Crippen LogP contribution in [-0.2, 0) is 0 Å². The lowest BCUT2D eigenvalue weighted by molar-refractivity contribution is 0.0994. The lowest BCUT2D eigenvalue weighted by Crippen LogP contribution is -2.42. The van der Waals surface area contributed by atoms with Crippen molar-refractivity contribution in [2.45, 2.75) is 83.6 Å². The third-order valence-corrected chi connectivity index (χ3v) is 4.28. The van der Waals surface area contributed by atoms with Crippen molar-refractivity contribution in [2.24, 2.45) is 0 Å². The van der Waals surface area contributed by atoms with Crippen molar-refractivity contribution < 1.29 is 5.11 Å². The first-order valence-corrected chi connectivity index (χ1v) is 8.23. The molecule has 1 saturated carbocycles. The zero-order valence-electron chi connectivity index (χ0n) is 12.4. The maximum absolute atomic E-state index is 9.09. The van der Waals surface area contributed by atoms with Crippen molar-refractivity contribution in [3.05, 3.63) is 0 Å². The van der Waals surface area contributed by atoms with Gasteiger partial charge in [0.25, 0.3) is 0 Å². The van der Waals surface area contributed by atoms with Crippen molar-refractivity contribution >= 4 is 0 Å². The van der Waals surface area contributed by atoms with E-state index in [-0.39, 0.29) is 0 Å². The molecule has 1 aliphatic rings. The standard InChI is InChI=1S/C16H33NO/c1-2-3-4-5-6-7-8-9-13-17(14-15-18)16-11-10-12-16/h16,18H,2-15H2,1H3. The molecule has 0 bridgehead atoms. The molecular weight excluding hydrogens is 222 g/mol. The number of nitrogens with zero attached hydrogens (tertiary/aromatic N) is 1. The summed E-state index contributed by atoms with van der Waals surface area (Å²) in [4.78, 5) is 2.51. The van der Waals surface area contributed by atoms with Gasteiger partial charge >= 0.3 is 0 Å². The molecule has 108 valence electrons. The predicted octanol–water partition coefficient (Wildman–Crippen LogP) is 3.97. The molecule has 0 unspecified atom stereocenters. The van der Waals surface area contributed by atoms with Crippen LogP contribution in [0.25, 0.3) is 0 Å². The van der Waals surface area contributed by atoms with Crippen LogP contribution in [0.2, 0.25) is 0 Å². The number of aliphatic hydroxyl groups is 1. The summed E-state index contributed by atoms with van der Waals surface area (Å²) in [5.74, 6) is 0. The molecule has 0 radical (unpaired) electrons. The summed E-state index contributed by atoms with van der Waals surface area (Å²) in [7, 11) is 0. The minimum atomic E-state index is 0.327. The monoisotopic (exact) mass is 255 g/mol. The first-order valence-electron chi connectivity index (χ1n) is 8.23. The Bertz CT molecular complexity index is 180. The molecule has 1 fully saturated rings. The summed E-state index contributed by atoms with van der Waals surface area (Å²) in [5.41, 5.74) is 0. The third-order valence-electron chi connectivity index (χ3n) is 4.28. The minimum Gasteiger partial charge on any atom is -0.395 e.